The smallest absolute Gasteiger partial charge is 0.211 e. The van der Waals surface area contributed by atoms with Crippen LogP contribution in [0.5, 0.6) is 5.88 Å². The van der Waals surface area contributed by atoms with Crippen molar-refractivity contribution in [3.05, 3.63) is 11.8 Å². The molecule has 1 heterocycles. The number of hydrogen-bond donors (Lipinski definition) is 0. The van der Waals surface area contributed by atoms with Gasteiger partial charge in [0, 0.05) is 19.0 Å². The van der Waals surface area contributed by atoms with Crippen LogP contribution in [0.2, 0.25) is 0 Å². The summed E-state index contributed by atoms with van der Waals surface area (Å²) in [6.07, 6.45) is 1.11. The summed E-state index contributed by atoms with van der Waals surface area (Å²) in [5.41, 5.74) is 1.11. The fourth-order valence-corrected chi connectivity index (χ4v) is 1.11. The lowest BCUT2D eigenvalue weighted by molar-refractivity contribution is 0.373. The van der Waals surface area contributed by atoms with E-state index in [4.69, 9.17) is 4.74 Å². The summed E-state index contributed by atoms with van der Waals surface area (Å²) >= 11 is 0. The fraction of sp³-hybridized carbons (Fsp3) is 0.667. The zero-order chi connectivity index (χ0) is 9.14. The zero-order valence-electron chi connectivity index (χ0n) is 8.16. The van der Waals surface area contributed by atoms with Crippen molar-refractivity contribution < 1.29 is 4.74 Å². The van der Waals surface area contributed by atoms with Crippen LogP contribution in [0.25, 0.3) is 0 Å². The van der Waals surface area contributed by atoms with Crippen molar-refractivity contribution in [2.24, 2.45) is 7.05 Å². The fourth-order valence-electron chi connectivity index (χ4n) is 1.11. The Bertz CT molecular complexity index is 255. The molecule has 0 bridgehead atoms. The summed E-state index contributed by atoms with van der Waals surface area (Å²) in [7, 11) is 3.56. The second kappa shape index (κ2) is 3.61. The summed E-state index contributed by atoms with van der Waals surface area (Å²) in [5.74, 6) is 1.34. The Kier molecular flexibility index (Phi) is 2.74. The number of nitrogens with zero attached hydrogens (tertiary/aromatic N) is 2. The van der Waals surface area contributed by atoms with Crippen molar-refractivity contribution in [3.8, 4) is 5.88 Å². The highest BCUT2D eigenvalue weighted by Gasteiger charge is 2.09. The predicted octanol–water partition coefficient (Wildman–Crippen LogP) is 1.94. The molecule has 3 nitrogen and oxygen atoms in total. The molecule has 0 saturated heterocycles. The van der Waals surface area contributed by atoms with Crippen LogP contribution in [-0.4, -0.2) is 16.9 Å². The summed E-state index contributed by atoms with van der Waals surface area (Å²) < 4.78 is 6.89. The summed E-state index contributed by atoms with van der Waals surface area (Å²) in [6.45, 7) is 4.33. The molecule has 1 rings (SSSR count). The first-order valence-corrected chi connectivity index (χ1v) is 4.27. The molecule has 1 aromatic heterocycles. The highest BCUT2D eigenvalue weighted by Crippen LogP contribution is 2.21. The second-order valence-electron chi connectivity index (χ2n) is 3.04. The van der Waals surface area contributed by atoms with Crippen LogP contribution in [-0.2, 0) is 7.05 Å². The van der Waals surface area contributed by atoms with E-state index in [1.165, 1.54) is 0 Å². The molecule has 0 amide bonds. The number of ether oxygens (including phenoxy) is 1. The lowest BCUT2D eigenvalue weighted by Gasteiger charge is -2.01. The van der Waals surface area contributed by atoms with Crippen molar-refractivity contribution in [1.29, 1.82) is 0 Å². The van der Waals surface area contributed by atoms with Gasteiger partial charge in [-0.25, -0.2) is 4.68 Å². The van der Waals surface area contributed by atoms with Gasteiger partial charge in [0.2, 0.25) is 5.88 Å². The first kappa shape index (κ1) is 9.10. The average Bonchev–Trinajstić information content (AvgIpc) is 2.45. The maximum Gasteiger partial charge on any atom is 0.211 e. The van der Waals surface area contributed by atoms with Gasteiger partial charge in [-0.05, 0) is 6.42 Å². The van der Waals surface area contributed by atoms with Crippen LogP contribution in [0.15, 0.2) is 6.07 Å². The molecule has 0 saturated carbocycles. The Labute approximate surface area is 73.3 Å². The lowest BCUT2D eigenvalue weighted by atomic mass is 10.1. The molecule has 0 aromatic carbocycles. The van der Waals surface area contributed by atoms with E-state index in [0.29, 0.717) is 5.92 Å². The third kappa shape index (κ3) is 1.60. The van der Waals surface area contributed by atoms with Gasteiger partial charge in [-0.15, -0.1) is 0 Å². The molecule has 0 radical (unpaired) electrons. The van der Waals surface area contributed by atoms with Crippen molar-refractivity contribution in [1.82, 2.24) is 9.78 Å². The Morgan fingerprint density at radius 3 is 2.75 bits per heavy atom. The number of methoxy groups -OCH3 is 1. The highest BCUT2D eigenvalue weighted by molar-refractivity contribution is 5.18. The number of aryl methyl sites for hydroxylation is 1. The van der Waals surface area contributed by atoms with Gasteiger partial charge in [0.1, 0.15) is 0 Å². The first-order valence-electron chi connectivity index (χ1n) is 4.27. The van der Waals surface area contributed by atoms with Gasteiger partial charge in [0.25, 0.3) is 0 Å². The van der Waals surface area contributed by atoms with Crippen LogP contribution in [0.4, 0.5) is 0 Å². The molecular formula is C9H16N2O. The lowest BCUT2D eigenvalue weighted by Crippen LogP contribution is -1.96. The summed E-state index contributed by atoms with van der Waals surface area (Å²) in [6, 6.07) is 1.99. The van der Waals surface area contributed by atoms with Crippen molar-refractivity contribution in [3.63, 3.8) is 0 Å². The topological polar surface area (TPSA) is 27.1 Å². The molecule has 3 heteroatoms. The highest BCUT2D eigenvalue weighted by atomic mass is 16.5. The molecule has 0 fully saturated rings. The van der Waals surface area contributed by atoms with Crippen LogP contribution >= 0.6 is 0 Å². The molecule has 1 atom stereocenters. The molecule has 1 aromatic rings. The maximum absolute atomic E-state index is 5.12. The average molecular weight is 168 g/mol. The molecule has 12 heavy (non-hydrogen) atoms. The SMILES string of the molecule is CCC(C)c1cc(OC)n(C)n1. The Morgan fingerprint density at radius 1 is 1.67 bits per heavy atom. The van der Waals surface area contributed by atoms with Gasteiger partial charge in [-0.3, -0.25) is 0 Å². The predicted molar refractivity (Wildman–Crippen MR) is 48.5 cm³/mol. The zero-order valence-corrected chi connectivity index (χ0v) is 8.16. The summed E-state index contributed by atoms with van der Waals surface area (Å²) in [4.78, 5) is 0. The minimum atomic E-state index is 0.514. The van der Waals surface area contributed by atoms with E-state index in [9.17, 15) is 0 Å². The molecule has 0 spiro atoms. The third-order valence-corrected chi connectivity index (χ3v) is 2.18. The normalized spacial score (nSPS) is 13.0. The first-order chi connectivity index (χ1) is 5.69. The molecule has 0 aliphatic carbocycles. The minimum Gasteiger partial charge on any atom is -0.481 e. The molecular weight excluding hydrogens is 152 g/mol. The monoisotopic (exact) mass is 168 g/mol. The van der Waals surface area contributed by atoms with E-state index in [-0.39, 0.29) is 0 Å². The molecule has 1 unspecified atom stereocenters. The standard InChI is InChI=1S/C9H16N2O/c1-5-7(2)8-6-9(12-4)11(3)10-8/h6-7H,5H2,1-4H3. The van der Waals surface area contributed by atoms with Crippen LogP contribution in [0, 0.1) is 0 Å². The Hall–Kier alpha value is -0.990. The van der Waals surface area contributed by atoms with Gasteiger partial charge in [-0.2, -0.15) is 5.10 Å². The van der Waals surface area contributed by atoms with Gasteiger partial charge in [0.05, 0.1) is 12.8 Å². The van der Waals surface area contributed by atoms with E-state index in [1.807, 2.05) is 13.1 Å². The number of rotatable bonds is 3. The van der Waals surface area contributed by atoms with Gasteiger partial charge >= 0.3 is 0 Å². The van der Waals surface area contributed by atoms with E-state index < -0.39 is 0 Å². The van der Waals surface area contributed by atoms with E-state index in [1.54, 1.807) is 11.8 Å². The maximum atomic E-state index is 5.12. The number of hydrogen-bond acceptors (Lipinski definition) is 2. The van der Waals surface area contributed by atoms with E-state index >= 15 is 0 Å². The van der Waals surface area contributed by atoms with Crippen molar-refractivity contribution in [2.45, 2.75) is 26.2 Å². The van der Waals surface area contributed by atoms with Crippen molar-refractivity contribution in [2.75, 3.05) is 7.11 Å². The third-order valence-electron chi connectivity index (χ3n) is 2.18. The van der Waals surface area contributed by atoms with Gasteiger partial charge < -0.3 is 4.74 Å². The van der Waals surface area contributed by atoms with Crippen LogP contribution < -0.4 is 4.74 Å². The molecule has 0 aliphatic heterocycles. The Balaban J connectivity index is 2.88. The quantitative estimate of drug-likeness (QED) is 0.689. The minimum absolute atomic E-state index is 0.514. The van der Waals surface area contributed by atoms with Crippen LogP contribution in [0.1, 0.15) is 31.9 Å². The largest absolute Gasteiger partial charge is 0.481 e. The van der Waals surface area contributed by atoms with E-state index in [0.717, 1.165) is 18.0 Å². The number of aromatic nitrogens is 2. The Morgan fingerprint density at radius 2 is 2.33 bits per heavy atom. The van der Waals surface area contributed by atoms with Gasteiger partial charge in [-0.1, -0.05) is 13.8 Å². The van der Waals surface area contributed by atoms with Crippen molar-refractivity contribution >= 4 is 0 Å². The molecule has 68 valence electrons. The van der Waals surface area contributed by atoms with E-state index in [2.05, 4.69) is 18.9 Å². The molecule has 0 aliphatic rings. The van der Waals surface area contributed by atoms with Gasteiger partial charge in [0.15, 0.2) is 0 Å². The summed E-state index contributed by atoms with van der Waals surface area (Å²) in [5, 5.41) is 4.34. The second-order valence-corrected chi connectivity index (χ2v) is 3.04. The molecule has 0 N–H and O–H groups in total. The van der Waals surface area contributed by atoms with Crippen LogP contribution in [0.3, 0.4) is 0 Å².